The average molecular weight is 172 g/mol. The second-order valence-corrected chi connectivity index (χ2v) is 4.85. The van der Waals surface area contributed by atoms with Crippen molar-refractivity contribution in [2.45, 2.75) is 59.2 Å². The van der Waals surface area contributed by atoms with E-state index in [4.69, 9.17) is 5.73 Å². The van der Waals surface area contributed by atoms with Crippen LogP contribution in [0, 0.1) is 0 Å². The molecular formula is C10H24N2. The Labute approximate surface area is 77.1 Å². The van der Waals surface area contributed by atoms with E-state index in [1.165, 1.54) is 0 Å². The van der Waals surface area contributed by atoms with Crippen LogP contribution < -0.4 is 5.73 Å². The van der Waals surface area contributed by atoms with E-state index in [0.29, 0.717) is 12.1 Å². The van der Waals surface area contributed by atoms with Gasteiger partial charge in [-0.05, 0) is 41.5 Å². The third-order valence-corrected chi connectivity index (χ3v) is 1.92. The number of hydrogen-bond donors (Lipinski definition) is 1. The standard InChI is InChI=1S/C10H24N2/c1-8(2)12(9(3)4)7-10(5,6)11/h8-9H,7,11H2,1-6H3. The monoisotopic (exact) mass is 172 g/mol. The van der Waals surface area contributed by atoms with E-state index >= 15 is 0 Å². The molecule has 0 spiro atoms. The summed E-state index contributed by atoms with van der Waals surface area (Å²) in [6.07, 6.45) is 0. The molecule has 2 N–H and O–H groups in total. The third kappa shape index (κ3) is 4.73. The highest BCUT2D eigenvalue weighted by Crippen LogP contribution is 2.09. The van der Waals surface area contributed by atoms with Crippen molar-refractivity contribution in [1.82, 2.24) is 4.90 Å². The van der Waals surface area contributed by atoms with Crippen LogP contribution in [-0.2, 0) is 0 Å². The number of nitrogens with two attached hydrogens (primary N) is 1. The van der Waals surface area contributed by atoms with E-state index in [0.717, 1.165) is 6.54 Å². The molecule has 0 aliphatic rings. The van der Waals surface area contributed by atoms with Crippen LogP contribution in [0.25, 0.3) is 0 Å². The van der Waals surface area contributed by atoms with Gasteiger partial charge in [-0.15, -0.1) is 0 Å². The van der Waals surface area contributed by atoms with Crippen molar-refractivity contribution in [3.63, 3.8) is 0 Å². The molecule has 0 heterocycles. The molecule has 0 fully saturated rings. The lowest BCUT2D eigenvalue weighted by atomic mass is 10.0. The second-order valence-electron chi connectivity index (χ2n) is 4.85. The zero-order valence-electron chi connectivity index (χ0n) is 9.39. The molecule has 0 saturated heterocycles. The zero-order valence-corrected chi connectivity index (χ0v) is 9.39. The van der Waals surface area contributed by atoms with Crippen LogP contribution in [0.2, 0.25) is 0 Å². The van der Waals surface area contributed by atoms with Gasteiger partial charge in [-0.1, -0.05) is 0 Å². The van der Waals surface area contributed by atoms with Gasteiger partial charge in [-0.25, -0.2) is 0 Å². The van der Waals surface area contributed by atoms with Gasteiger partial charge in [0, 0.05) is 24.2 Å². The highest BCUT2D eigenvalue weighted by molar-refractivity contribution is 4.80. The Bertz CT molecular complexity index is 114. The Morgan fingerprint density at radius 2 is 1.42 bits per heavy atom. The summed E-state index contributed by atoms with van der Waals surface area (Å²) in [6, 6.07) is 1.15. The molecule has 0 radical (unpaired) electrons. The van der Waals surface area contributed by atoms with Crippen molar-refractivity contribution in [3.8, 4) is 0 Å². The third-order valence-electron chi connectivity index (χ3n) is 1.92. The van der Waals surface area contributed by atoms with Crippen LogP contribution in [0.5, 0.6) is 0 Å². The fourth-order valence-corrected chi connectivity index (χ4v) is 1.43. The Balaban J connectivity index is 4.15. The SMILES string of the molecule is CC(C)N(CC(C)(C)N)C(C)C. The molecule has 0 aromatic rings. The molecule has 0 aromatic heterocycles. The maximum absolute atomic E-state index is 5.97. The lowest BCUT2D eigenvalue weighted by molar-refractivity contribution is 0.143. The maximum Gasteiger partial charge on any atom is 0.0226 e. The van der Waals surface area contributed by atoms with E-state index in [2.05, 4.69) is 46.4 Å². The van der Waals surface area contributed by atoms with Crippen LogP contribution >= 0.6 is 0 Å². The van der Waals surface area contributed by atoms with Gasteiger partial charge in [0.25, 0.3) is 0 Å². The lowest BCUT2D eigenvalue weighted by Crippen LogP contribution is -2.50. The molecule has 0 aromatic carbocycles. The summed E-state index contributed by atoms with van der Waals surface area (Å²) >= 11 is 0. The Kier molecular flexibility index (Phi) is 4.21. The molecular weight excluding hydrogens is 148 g/mol. The predicted octanol–water partition coefficient (Wildman–Crippen LogP) is 1.84. The van der Waals surface area contributed by atoms with Crippen molar-refractivity contribution in [2.24, 2.45) is 5.73 Å². The predicted molar refractivity (Wildman–Crippen MR) is 55.2 cm³/mol. The highest BCUT2D eigenvalue weighted by atomic mass is 15.2. The quantitative estimate of drug-likeness (QED) is 0.701. The molecule has 0 saturated carbocycles. The molecule has 0 aliphatic carbocycles. The van der Waals surface area contributed by atoms with Crippen LogP contribution in [0.4, 0.5) is 0 Å². The van der Waals surface area contributed by atoms with Gasteiger partial charge in [0.05, 0.1) is 0 Å². The molecule has 0 bridgehead atoms. The van der Waals surface area contributed by atoms with Gasteiger partial charge >= 0.3 is 0 Å². The fraction of sp³-hybridized carbons (Fsp3) is 1.00. The molecule has 0 unspecified atom stereocenters. The van der Waals surface area contributed by atoms with Crippen molar-refractivity contribution in [3.05, 3.63) is 0 Å². The summed E-state index contributed by atoms with van der Waals surface area (Å²) in [4.78, 5) is 2.42. The molecule has 12 heavy (non-hydrogen) atoms. The van der Waals surface area contributed by atoms with Crippen molar-refractivity contribution < 1.29 is 0 Å². The van der Waals surface area contributed by atoms with Crippen LogP contribution in [0.3, 0.4) is 0 Å². The Hall–Kier alpha value is -0.0800. The molecule has 0 aliphatic heterocycles. The zero-order chi connectivity index (χ0) is 9.94. The van der Waals surface area contributed by atoms with Gasteiger partial charge in [-0.2, -0.15) is 0 Å². The van der Waals surface area contributed by atoms with E-state index in [1.54, 1.807) is 0 Å². The summed E-state index contributed by atoms with van der Waals surface area (Å²) in [5.74, 6) is 0. The highest BCUT2D eigenvalue weighted by Gasteiger charge is 2.20. The van der Waals surface area contributed by atoms with Gasteiger partial charge in [-0.3, -0.25) is 4.90 Å². The van der Waals surface area contributed by atoms with Crippen LogP contribution in [0.15, 0.2) is 0 Å². The first-order valence-corrected chi connectivity index (χ1v) is 4.78. The average Bonchev–Trinajstić information content (AvgIpc) is 1.79. The minimum atomic E-state index is -0.0887. The van der Waals surface area contributed by atoms with Crippen LogP contribution in [-0.4, -0.2) is 29.1 Å². The maximum atomic E-state index is 5.97. The molecule has 0 atom stereocenters. The second kappa shape index (κ2) is 4.24. The van der Waals surface area contributed by atoms with Gasteiger partial charge in [0.15, 0.2) is 0 Å². The number of nitrogens with zero attached hydrogens (tertiary/aromatic N) is 1. The summed E-state index contributed by atoms with van der Waals surface area (Å²) in [6.45, 7) is 14.0. The van der Waals surface area contributed by atoms with Gasteiger partial charge in [0.2, 0.25) is 0 Å². The van der Waals surface area contributed by atoms with Gasteiger partial charge in [0.1, 0.15) is 0 Å². The first-order valence-electron chi connectivity index (χ1n) is 4.78. The minimum absolute atomic E-state index is 0.0887. The minimum Gasteiger partial charge on any atom is -0.324 e. The largest absolute Gasteiger partial charge is 0.324 e. The lowest BCUT2D eigenvalue weighted by Gasteiger charge is -2.35. The Morgan fingerprint density at radius 3 is 1.50 bits per heavy atom. The van der Waals surface area contributed by atoms with Crippen molar-refractivity contribution >= 4 is 0 Å². The summed E-state index contributed by atoms with van der Waals surface area (Å²) in [5.41, 5.74) is 5.88. The molecule has 2 heteroatoms. The van der Waals surface area contributed by atoms with Crippen LogP contribution in [0.1, 0.15) is 41.5 Å². The number of rotatable bonds is 4. The van der Waals surface area contributed by atoms with E-state index in [9.17, 15) is 0 Å². The summed E-state index contributed by atoms with van der Waals surface area (Å²) in [7, 11) is 0. The van der Waals surface area contributed by atoms with E-state index in [1.807, 2.05) is 0 Å². The normalized spacial score (nSPS) is 13.5. The molecule has 0 rings (SSSR count). The van der Waals surface area contributed by atoms with Crippen molar-refractivity contribution in [2.75, 3.05) is 6.54 Å². The van der Waals surface area contributed by atoms with Gasteiger partial charge < -0.3 is 5.73 Å². The molecule has 0 amide bonds. The molecule has 74 valence electrons. The summed E-state index contributed by atoms with van der Waals surface area (Å²) < 4.78 is 0. The topological polar surface area (TPSA) is 29.3 Å². The fourth-order valence-electron chi connectivity index (χ4n) is 1.43. The Morgan fingerprint density at radius 1 is 1.08 bits per heavy atom. The summed E-state index contributed by atoms with van der Waals surface area (Å²) in [5, 5.41) is 0. The smallest absolute Gasteiger partial charge is 0.0226 e. The van der Waals surface area contributed by atoms with Crippen molar-refractivity contribution in [1.29, 1.82) is 0 Å². The first kappa shape index (κ1) is 11.9. The molecule has 2 nitrogen and oxygen atoms in total. The van der Waals surface area contributed by atoms with E-state index < -0.39 is 0 Å². The number of hydrogen-bond acceptors (Lipinski definition) is 2. The van der Waals surface area contributed by atoms with E-state index in [-0.39, 0.29) is 5.54 Å². The first-order chi connectivity index (χ1) is 5.24.